The lowest BCUT2D eigenvalue weighted by Crippen LogP contribution is -1.84. The molecule has 0 saturated carbocycles. The van der Waals surface area contributed by atoms with Crippen LogP contribution in [0.5, 0.6) is 0 Å². The van der Waals surface area contributed by atoms with Crippen molar-refractivity contribution in [3.05, 3.63) is 95.3 Å². The zero-order valence-corrected chi connectivity index (χ0v) is 17.2. The number of nitrogens with zero attached hydrogens (tertiary/aromatic N) is 2. The van der Waals surface area contributed by atoms with Crippen molar-refractivity contribution < 1.29 is 4.39 Å². The van der Waals surface area contributed by atoms with Gasteiger partial charge in [-0.25, -0.2) is 14.4 Å². The van der Waals surface area contributed by atoms with Gasteiger partial charge in [0.05, 0.1) is 22.8 Å². The molecular weight excluding hydrogens is 405 g/mol. The molecule has 0 fully saturated rings. The summed E-state index contributed by atoms with van der Waals surface area (Å²) in [5, 5.41) is 0. The van der Waals surface area contributed by atoms with E-state index in [0.29, 0.717) is 0 Å². The Morgan fingerprint density at radius 3 is 2.13 bits per heavy atom. The van der Waals surface area contributed by atoms with Gasteiger partial charge in [-0.15, -0.1) is 11.3 Å². The van der Waals surface area contributed by atoms with Crippen LogP contribution in [0.3, 0.4) is 0 Å². The van der Waals surface area contributed by atoms with E-state index in [0.717, 1.165) is 54.3 Å². The highest BCUT2D eigenvalue weighted by Gasteiger charge is 2.11. The molecule has 1 N–H and O–H groups in total. The van der Waals surface area contributed by atoms with Gasteiger partial charge in [-0.2, -0.15) is 0 Å². The lowest BCUT2D eigenvalue weighted by Gasteiger charge is -2.03. The van der Waals surface area contributed by atoms with Crippen molar-refractivity contribution in [1.82, 2.24) is 15.0 Å². The maximum absolute atomic E-state index is 13.6. The van der Waals surface area contributed by atoms with Gasteiger partial charge in [-0.1, -0.05) is 12.1 Å². The smallest absolute Gasteiger partial charge is 0.123 e. The van der Waals surface area contributed by atoms with E-state index >= 15 is 0 Å². The van der Waals surface area contributed by atoms with E-state index < -0.39 is 0 Å². The Bertz CT molecular complexity index is 1540. The van der Waals surface area contributed by atoms with Gasteiger partial charge in [-0.05, 0) is 84.5 Å². The average Bonchev–Trinajstić information content (AvgIpc) is 3.55. The van der Waals surface area contributed by atoms with Gasteiger partial charge in [0.15, 0.2) is 0 Å². The first kappa shape index (κ1) is 18.0. The number of hydrogen-bond acceptors (Lipinski definition) is 3. The second-order valence-electron chi connectivity index (χ2n) is 7.44. The van der Waals surface area contributed by atoms with Crippen LogP contribution < -0.4 is 0 Å². The fraction of sp³-hybridized carbons (Fsp3) is 0. The molecule has 0 atom stereocenters. The van der Waals surface area contributed by atoms with Crippen molar-refractivity contribution in [2.45, 2.75) is 0 Å². The van der Waals surface area contributed by atoms with Crippen molar-refractivity contribution in [2.24, 2.45) is 0 Å². The second kappa shape index (κ2) is 7.15. The van der Waals surface area contributed by atoms with Crippen molar-refractivity contribution in [2.75, 3.05) is 0 Å². The molecule has 0 unspecified atom stereocenters. The van der Waals surface area contributed by atoms with Gasteiger partial charge >= 0.3 is 0 Å². The molecule has 0 aliphatic carbocycles. The SMILES string of the molecule is Fc1ccc(-c2c3nc(cc4ccc(cc5nc(cc6ccc2s6)C=C5)[nH]4)C=C3)cc1. The lowest BCUT2D eigenvalue weighted by molar-refractivity contribution is 0.628. The van der Waals surface area contributed by atoms with Crippen LogP contribution in [0.1, 0.15) is 22.8 Å². The Labute approximate surface area is 181 Å². The minimum absolute atomic E-state index is 0.250. The molecule has 4 aromatic rings. The molecule has 148 valence electrons. The molecule has 31 heavy (non-hydrogen) atoms. The van der Waals surface area contributed by atoms with Crippen LogP contribution in [0.4, 0.5) is 4.39 Å². The highest BCUT2D eigenvalue weighted by atomic mass is 32.1. The van der Waals surface area contributed by atoms with E-state index in [1.807, 2.05) is 60.7 Å². The quantitative estimate of drug-likeness (QED) is 0.305. The molecule has 3 aromatic heterocycles. The Morgan fingerprint density at radius 2 is 1.35 bits per heavy atom. The van der Waals surface area contributed by atoms with Crippen molar-refractivity contribution >= 4 is 56.1 Å². The minimum atomic E-state index is -0.250. The molecule has 5 heterocycles. The van der Waals surface area contributed by atoms with Crippen LogP contribution in [0, 0.1) is 5.82 Å². The molecule has 8 bridgehead atoms. The largest absolute Gasteiger partial charge is 0.355 e. The van der Waals surface area contributed by atoms with E-state index in [2.05, 4.69) is 23.2 Å². The fourth-order valence-corrected chi connectivity index (χ4v) is 4.84. The molecule has 0 radical (unpaired) electrons. The number of H-pyrrole nitrogens is 1. The Hall–Kier alpha value is -3.83. The molecule has 2 aliphatic heterocycles. The molecule has 1 aromatic carbocycles. The Kier molecular flexibility index (Phi) is 4.14. The summed E-state index contributed by atoms with van der Waals surface area (Å²) in [6, 6.07) is 21.0. The van der Waals surface area contributed by atoms with Gasteiger partial charge in [0.1, 0.15) is 5.82 Å². The molecule has 0 saturated heterocycles. The average molecular weight is 422 g/mol. The molecule has 2 aliphatic rings. The summed E-state index contributed by atoms with van der Waals surface area (Å²) in [4.78, 5) is 13.0. The van der Waals surface area contributed by atoms with Crippen LogP contribution in [-0.4, -0.2) is 15.0 Å². The van der Waals surface area contributed by atoms with Crippen LogP contribution >= 0.6 is 11.3 Å². The van der Waals surface area contributed by atoms with Gasteiger partial charge in [-0.3, -0.25) is 0 Å². The van der Waals surface area contributed by atoms with E-state index in [1.165, 1.54) is 12.1 Å². The zero-order valence-electron chi connectivity index (χ0n) is 16.3. The van der Waals surface area contributed by atoms with Crippen LogP contribution in [0.25, 0.3) is 55.9 Å². The maximum Gasteiger partial charge on any atom is 0.123 e. The number of halogens is 1. The number of hydrogen-bond donors (Lipinski definition) is 1. The summed E-state index contributed by atoms with van der Waals surface area (Å²) in [5.74, 6) is -0.250. The fourth-order valence-electron chi connectivity index (χ4n) is 3.81. The summed E-state index contributed by atoms with van der Waals surface area (Å²) in [6.45, 7) is 0. The number of rotatable bonds is 1. The summed E-state index contributed by atoms with van der Waals surface area (Å²) in [6.07, 6.45) is 8.07. The van der Waals surface area contributed by atoms with Crippen LogP contribution in [-0.2, 0) is 0 Å². The van der Waals surface area contributed by atoms with Crippen molar-refractivity contribution in [3.63, 3.8) is 0 Å². The molecule has 0 amide bonds. The standard InChI is InChI=1S/C26H16FN3S/c27-17-3-1-16(2-4-17)26-24-11-9-21(30-24)14-20-6-5-18(28-20)13-19-7-8-22(29-19)15-23-10-12-25(26)31-23/h1-15,28H. The highest BCUT2D eigenvalue weighted by Crippen LogP contribution is 2.34. The van der Waals surface area contributed by atoms with E-state index in [1.54, 1.807) is 11.3 Å². The summed E-state index contributed by atoms with van der Waals surface area (Å²) in [7, 11) is 0. The lowest BCUT2D eigenvalue weighted by atomic mass is 10.0. The first-order chi connectivity index (χ1) is 15.2. The second-order valence-corrected chi connectivity index (χ2v) is 8.55. The van der Waals surface area contributed by atoms with E-state index in [9.17, 15) is 4.39 Å². The first-order valence-electron chi connectivity index (χ1n) is 9.94. The summed E-state index contributed by atoms with van der Waals surface area (Å²) < 4.78 is 15.8. The van der Waals surface area contributed by atoms with Gasteiger partial charge in [0.2, 0.25) is 0 Å². The number of nitrogens with one attached hydrogen (secondary N) is 1. The third kappa shape index (κ3) is 3.49. The monoisotopic (exact) mass is 421 g/mol. The van der Waals surface area contributed by atoms with E-state index in [4.69, 9.17) is 9.97 Å². The first-order valence-corrected chi connectivity index (χ1v) is 10.8. The van der Waals surface area contributed by atoms with Gasteiger partial charge in [0, 0.05) is 26.0 Å². The van der Waals surface area contributed by atoms with Gasteiger partial charge in [0.25, 0.3) is 0 Å². The summed E-state index contributed by atoms with van der Waals surface area (Å²) >= 11 is 1.67. The molecular formula is C26H16FN3S. The molecule has 5 heteroatoms. The molecule has 0 spiro atoms. The number of fused-ring (bicyclic) bond motifs is 8. The highest BCUT2D eigenvalue weighted by molar-refractivity contribution is 7.23. The summed E-state index contributed by atoms with van der Waals surface area (Å²) in [5.41, 5.74) is 7.46. The van der Waals surface area contributed by atoms with Crippen molar-refractivity contribution in [1.29, 1.82) is 0 Å². The maximum atomic E-state index is 13.6. The number of benzene rings is 1. The zero-order chi connectivity index (χ0) is 20.8. The topological polar surface area (TPSA) is 41.6 Å². The van der Waals surface area contributed by atoms with E-state index in [-0.39, 0.29) is 5.82 Å². The predicted octanol–water partition coefficient (Wildman–Crippen LogP) is 7.20. The van der Waals surface area contributed by atoms with Gasteiger partial charge < -0.3 is 4.98 Å². The predicted molar refractivity (Wildman–Crippen MR) is 128 cm³/mol. The normalized spacial score (nSPS) is 12.4. The minimum Gasteiger partial charge on any atom is -0.355 e. The molecule has 6 rings (SSSR count). The number of aromatic amines is 1. The number of aromatic nitrogens is 3. The Balaban J connectivity index is 1.71. The number of thiophene rings is 1. The van der Waals surface area contributed by atoms with Crippen molar-refractivity contribution in [3.8, 4) is 11.1 Å². The van der Waals surface area contributed by atoms with Crippen LogP contribution in [0.2, 0.25) is 0 Å². The molecule has 3 nitrogen and oxygen atoms in total. The third-order valence-corrected chi connectivity index (χ3v) is 6.28. The Morgan fingerprint density at radius 1 is 0.677 bits per heavy atom. The third-order valence-electron chi connectivity index (χ3n) is 5.23. The van der Waals surface area contributed by atoms with Crippen LogP contribution in [0.15, 0.2) is 66.7 Å².